The van der Waals surface area contributed by atoms with Gasteiger partial charge in [0.25, 0.3) is 0 Å². The molecule has 0 saturated heterocycles. The average molecular weight is 372 g/mol. The molecule has 2 aromatic carbocycles. The fraction of sp³-hybridized carbons (Fsp3) is 0.381. The smallest absolute Gasteiger partial charge is 0.0670 e. The van der Waals surface area contributed by atoms with Gasteiger partial charge < -0.3 is 15.4 Å². The van der Waals surface area contributed by atoms with Crippen LogP contribution in [0.15, 0.2) is 48.5 Å². The van der Waals surface area contributed by atoms with E-state index >= 15 is 0 Å². The third kappa shape index (κ3) is 7.45. The number of ether oxygens (including phenoxy) is 1. The van der Waals surface area contributed by atoms with Crippen molar-refractivity contribution in [3.63, 3.8) is 0 Å². The van der Waals surface area contributed by atoms with Crippen LogP contribution in [0.1, 0.15) is 24.0 Å². The Bertz CT molecular complexity index is 685. The summed E-state index contributed by atoms with van der Waals surface area (Å²) in [6.45, 7) is 3.95. The molecule has 0 unspecified atom stereocenters. The van der Waals surface area contributed by atoms with E-state index in [0.717, 1.165) is 55.9 Å². The molecule has 0 spiro atoms. The fourth-order valence-electron chi connectivity index (χ4n) is 2.59. The van der Waals surface area contributed by atoms with Crippen molar-refractivity contribution in [3.05, 3.63) is 64.7 Å². The highest BCUT2D eigenvalue weighted by Gasteiger charge is 2.05. The number of hydrogen-bond acceptors (Lipinski definition) is 4. The molecule has 0 bridgehead atoms. The molecule has 0 amide bonds. The number of nitrogens with one attached hydrogen (secondary N) is 2. The van der Waals surface area contributed by atoms with Crippen LogP contribution >= 0.6 is 11.6 Å². The summed E-state index contributed by atoms with van der Waals surface area (Å²) in [5, 5.41) is 16.2. The number of benzene rings is 2. The number of nitriles is 1. The van der Waals surface area contributed by atoms with Gasteiger partial charge in [-0.15, -0.1) is 0 Å². The van der Waals surface area contributed by atoms with Crippen LogP contribution in [0.2, 0.25) is 5.02 Å². The van der Waals surface area contributed by atoms with Gasteiger partial charge in [0.05, 0.1) is 19.1 Å². The first-order chi connectivity index (χ1) is 12.8. The second-order valence-electron chi connectivity index (χ2n) is 6.01. The monoisotopic (exact) mass is 371 g/mol. The second kappa shape index (κ2) is 12.3. The summed E-state index contributed by atoms with van der Waals surface area (Å²) < 4.78 is 5.64. The molecule has 0 fully saturated rings. The van der Waals surface area contributed by atoms with E-state index < -0.39 is 0 Å². The van der Waals surface area contributed by atoms with Crippen molar-refractivity contribution < 1.29 is 4.74 Å². The maximum absolute atomic E-state index is 8.80. The Kier molecular flexibility index (Phi) is 9.60. The minimum atomic E-state index is 0.350. The first-order valence-electron chi connectivity index (χ1n) is 9.02. The Morgan fingerprint density at radius 1 is 0.923 bits per heavy atom. The predicted octanol–water partition coefficient (Wildman–Crippen LogP) is 4.40. The molecule has 2 rings (SSSR count). The van der Waals surface area contributed by atoms with Gasteiger partial charge in [0, 0.05) is 30.4 Å². The quantitative estimate of drug-likeness (QED) is 0.543. The lowest BCUT2D eigenvalue weighted by molar-refractivity contribution is 0.140. The summed E-state index contributed by atoms with van der Waals surface area (Å²) in [6.07, 6.45) is 2.44. The standard InChI is InChI=1S/C21H26ClN3O/c22-21-18(11-12-23)7-6-8-19(21)17-24-13-4-5-15-26-16-14-25-20-9-2-1-3-10-20/h1-3,6-10,24-25H,4-5,11,13-17H2. The first kappa shape index (κ1) is 20.3. The Morgan fingerprint density at radius 2 is 1.73 bits per heavy atom. The second-order valence-corrected chi connectivity index (χ2v) is 6.39. The summed E-state index contributed by atoms with van der Waals surface area (Å²) in [4.78, 5) is 0. The molecule has 4 nitrogen and oxygen atoms in total. The number of para-hydroxylation sites is 1. The van der Waals surface area contributed by atoms with Crippen LogP contribution in [0.25, 0.3) is 0 Å². The van der Waals surface area contributed by atoms with Gasteiger partial charge in [-0.3, -0.25) is 0 Å². The van der Waals surface area contributed by atoms with Crippen molar-refractivity contribution in [2.75, 3.05) is 31.6 Å². The summed E-state index contributed by atoms with van der Waals surface area (Å²) in [6, 6.07) is 18.1. The number of anilines is 1. The number of rotatable bonds is 12. The molecule has 5 heteroatoms. The summed E-state index contributed by atoms with van der Waals surface area (Å²) in [5.74, 6) is 0. The van der Waals surface area contributed by atoms with E-state index in [1.807, 2.05) is 48.5 Å². The summed E-state index contributed by atoms with van der Waals surface area (Å²) >= 11 is 6.33. The Morgan fingerprint density at radius 3 is 2.54 bits per heavy atom. The van der Waals surface area contributed by atoms with E-state index in [0.29, 0.717) is 18.1 Å². The van der Waals surface area contributed by atoms with Crippen LogP contribution in [-0.4, -0.2) is 26.3 Å². The third-order valence-electron chi connectivity index (χ3n) is 3.99. The molecule has 0 aliphatic heterocycles. The number of hydrogen-bond donors (Lipinski definition) is 2. The molecule has 0 aliphatic rings. The zero-order valence-electron chi connectivity index (χ0n) is 15.0. The number of nitrogens with zero attached hydrogens (tertiary/aromatic N) is 1. The predicted molar refractivity (Wildman–Crippen MR) is 107 cm³/mol. The van der Waals surface area contributed by atoms with Gasteiger partial charge in [-0.25, -0.2) is 0 Å². The molecular weight excluding hydrogens is 346 g/mol. The summed E-state index contributed by atoms with van der Waals surface area (Å²) in [5.41, 5.74) is 3.06. The zero-order valence-corrected chi connectivity index (χ0v) is 15.8. The molecule has 26 heavy (non-hydrogen) atoms. The topological polar surface area (TPSA) is 57.1 Å². The average Bonchev–Trinajstić information content (AvgIpc) is 2.67. The summed E-state index contributed by atoms with van der Waals surface area (Å²) in [7, 11) is 0. The minimum absolute atomic E-state index is 0.350. The van der Waals surface area contributed by atoms with Gasteiger partial charge in [-0.1, -0.05) is 48.0 Å². The minimum Gasteiger partial charge on any atom is -0.383 e. The molecule has 0 radical (unpaired) electrons. The van der Waals surface area contributed by atoms with Crippen LogP contribution in [-0.2, 0) is 17.7 Å². The van der Waals surface area contributed by atoms with Crippen LogP contribution in [0.5, 0.6) is 0 Å². The Balaban J connectivity index is 1.48. The highest BCUT2D eigenvalue weighted by atomic mass is 35.5. The maximum Gasteiger partial charge on any atom is 0.0670 e. The van der Waals surface area contributed by atoms with E-state index in [-0.39, 0.29) is 0 Å². The number of halogens is 1. The van der Waals surface area contributed by atoms with Gasteiger partial charge in [0.2, 0.25) is 0 Å². The lowest BCUT2D eigenvalue weighted by Crippen LogP contribution is -2.16. The van der Waals surface area contributed by atoms with Gasteiger partial charge in [-0.2, -0.15) is 5.26 Å². The van der Waals surface area contributed by atoms with Crippen LogP contribution in [0, 0.1) is 11.3 Å². The van der Waals surface area contributed by atoms with Crippen molar-refractivity contribution in [1.29, 1.82) is 5.26 Å². The van der Waals surface area contributed by atoms with Gasteiger partial charge in [-0.05, 0) is 42.6 Å². The van der Waals surface area contributed by atoms with E-state index in [9.17, 15) is 0 Å². The molecule has 0 atom stereocenters. The van der Waals surface area contributed by atoms with Gasteiger partial charge in [0.15, 0.2) is 0 Å². The largest absolute Gasteiger partial charge is 0.383 e. The highest BCUT2D eigenvalue weighted by Crippen LogP contribution is 2.21. The molecule has 0 aromatic heterocycles. The third-order valence-corrected chi connectivity index (χ3v) is 4.47. The lowest BCUT2D eigenvalue weighted by atomic mass is 10.1. The maximum atomic E-state index is 8.80. The molecule has 138 valence electrons. The van der Waals surface area contributed by atoms with E-state index in [1.165, 1.54) is 0 Å². The number of unbranched alkanes of at least 4 members (excludes halogenated alkanes) is 1. The van der Waals surface area contributed by atoms with E-state index in [4.69, 9.17) is 21.6 Å². The van der Waals surface area contributed by atoms with E-state index in [1.54, 1.807) is 0 Å². The van der Waals surface area contributed by atoms with Crippen molar-refractivity contribution in [2.24, 2.45) is 0 Å². The zero-order chi connectivity index (χ0) is 18.5. The highest BCUT2D eigenvalue weighted by molar-refractivity contribution is 6.32. The Labute approximate surface area is 161 Å². The molecule has 0 saturated carbocycles. The first-order valence-corrected chi connectivity index (χ1v) is 9.39. The Hall–Kier alpha value is -2.06. The lowest BCUT2D eigenvalue weighted by Gasteiger charge is -2.10. The fourth-order valence-corrected chi connectivity index (χ4v) is 2.85. The normalized spacial score (nSPS) is 10.5. The van der Waals surface area contributed by atoms with Crippen LogP contribution in [0.3, 0.4) is 0 Å². The van der Waals surface area contributed by atoms with Crippen LogP contribution < -0.4 is 10.6 Å². The van der Waals surface area contributed by atoms with Gasteiger partial charge >= 0.3 is 0 Å². The molecule has 2 N–H and O–H groups in total. The van der Waals surface area contributed by atoms with Crippen LogP contribution in [0.4, 0.5) is 5.69 Å². The van der Waals surface area contributed by atoms with Gasteiger partial charge in [0.1, 0.15) is 0 Å². The molecule has 0 heterocycles. The SMILES string of the molecule is N#CCc1cccc(CNCCCCOCCNc2ccccc2)c1Cl. The van der Waals surface area contributed by atoms with E-state index in [2.05, 4.69) is 16.7 Å². The van der Waals surface area contributed by atoms with Crippen molar-refractivity contribution in [2.45, 2.75) is 25.8 Å². The van der Waals surface area contributed by atoms with Crippen molar-refractivity contribution >= 4 is 17.3 Å². The van der Waals surface area contributed by atoms with Crippen molar-refractivity contribution in [1.82, 2.24) is 5.32 Å². The molecular formula is C21H26ClN3O. The van der Waals surface area contributed by atoms with Crippen molar-refractivity contribution in [3.8, 4) is 6.07 Å². The molecule has 0 aliphatic carbocycles. The molecule has 2 aromatic rings.